The number of hydrogen-bond acceptors (Lipinski definition) is 2. The first-order valence-corrected chi connectivity index (χ1v) is 6.48. The summed E-state index contributed by atoms with van der Waals surface area (Å²) in [4.78, 5) is 0. The number of hydrogen-bond donors (Lipinski definition) is 1. The van der Waals surface area contributed by atoms with Crippen molar-refractivity contribution in [2.45, 2.75) is 13.0 Å². The Kier molecular flexibility index (Phi) is 4.91. The molecule has 1 unspecified atom stereocenters. The number of aliphatic hydroxyl groups is 1. The fourth-order valence-corrected chi connectivity index (χ4v) is 1.83. The van der Waals surface area contributed by atoms with Crippen LogP contribution < -0.4 is 4.74 Å². The second kappa shape index (κ2) is 6.87. The highest BCUT2D eigenvalue weighted by molar-refractivity contribution is 5.48. The number of rotatable bonds is 5. The molecule has 0 saturated heterocycles. The molecule has 0 spiro atoms. The van der Waals surface area contributed by atoms with E-state index >= 15 is 0 Å². The van der Waals surface area contributed by atoms with E-state index in [1.807, 2.05) is 42.5 Å². The molecule has 0 aliphatic carbocycles. The van der Waals surface area contributed by atoms with Crippen molar-refractivity contribution >= 4 is 6.08 Å². The average molecular weight is 272 g/mol. The molecule has 3 heteroatoms. The van der Waals surface area contributed by atoms with Crippen molar-refractivity contribution in [3.8, 4) is 5.75 Å². The van der Waals surface area contributed by atoms with Crippen LogP contribution in [0.2, 0.25) is 0 Å². The molecule has 104 valence electrons. The molecule has 0 saturated carbocycles. The van der Waals surface area contributed by atoms with E-state index < -0.39 is 11.9 Å². The van der Waals surface area contributed by atoms with Gasteiger partial charge in [-0.15, -0.1) is 0 Å². The predicted octanol–water partition coefficient (Wildman–Crippen LogP) is 3.97. The highest BCUT2D eigenvalue weighted by Crippen LogP contribution is 2.21. The van der Waals surface area contributed by atoms with Crippen LogP contribution in [0.4, 0.5) is 4.39 Å². The van der Waals surface area contributed by atoms with Crippen molar-refractivity contribution in [1.29, 1.82) is 0 Å². The molecule has 2 rings (SSSR count). The van der Waals surface area contributed by atoms with Crippen molar-refractivity contribution in [3.63, 3.8) is 0 Å². The van der Waals surface area contributed by atoms with Crippen molar-refractivity contribution in [2.24, 2.45) is 0 Å². The SMILES string of the molecule is CC(O)c1ccc(OC/C=C/c2ccccc2)cc1F. The number of aliphatic hydroxyl groups excluding tert-OH is 1. The maximum Gasteiger partial charge on any atom is 0.132 e. The van der Waals surface area contributed by atoms with E-state index in [2.05, 4.69) is 0 Å². The summed E-state index contributed by atoms with van der Waals surface area (Å²) in [5, 5.41) is 9.34. The van der Waals surface area contributed by atoms with E-state index in [9.17, 15) is 9.50 Å². The Morgan fingerprint density at radius 3 is 2.60 bits per heavy atom. The maximum atomic E-state index is 13.6. The predicted molar refractivity (Wildman–Crippen MR) is 78.0 cm³/mol. The summed E-state index contributed by atoms with van der Waals surface area (Å²) >= 11 is 0. The molecular weight excluding hydrogens is 255 g/mol. The first-order valence-electron chi connectivity index (χ1n) is 6.48. The first-order chi connectivity index (χ1) is 9.66. The number of halogens is 1. The molecule has 2 aromatic carbocycles. The van der Waals surface area contributed by atoms with Gasteiger partial charge in [0.15, 0.2) is 0 Å². The van der Waals surface area contributed by atoms with Gasteiger partial charge in [-0.1, -0.05) is 36.4 Å². The quantitative estimate of drug-likeness (QED) is 0.892. The van der Waals surface area contributed by atoms with Gasteiger partial charge in [0.05, 0.1) is 6.10 Å². The van der Waals surface area contributed by atoms with Gasteiger partial charge in [-0.25, -0.2) is 4.39 Å². The summed E-state index contributed by atoms with van der Waals surface area (Å²) < 4.78 is 19.1. The van der Waals surface area contributed by atoms with Crippen molar-refractivity contribution in [2.75, 3.05) is 6.61 Å². The third kappa shape index (κ3) is 3.93. The van der Waals surface area contributed by atoms with E-state index in [1.165, 1.54) is 19.1 Å². The van der Waals surface area contributed by atoms with Crippen LogP contribution in [0.1, 0.15) is 24.2 Å². The molecule has 0 aromatic heterocycles. The highest BCUT2D eigenvalue weighted by atomic mass is 19.1. The zero-order valence-corrected chi connectivity index (χ0v) is 11.3. The lowest BCUT2D eigenvalue weighted by Gasteiger charge is -2.08. The van der Waals surface area contributed by atoms with Crippen LogP contribution in [0, 0.1) is 5.82 Å². The highest BCUT2D eigenvalue weighted by Gasteiger charge is 2.08. The zero-order chi connectivity index (χ0) is 14.4. The minimum atomic E-state index is -0.818. The standard InChI is InChI=1S/C17H17FO2/c1-13(19)16-10-9-15(12-17(16)18)20-11-5-8-14-6-3-2-4-7-14/h2-10,12-13,19H,11H2,1H3/b8-5+. The molecule has 1 atom stereocenters. The van der Waals surface area contributed by atoms with E-state index in [0.29, 0.717) is 12.4 Å². The average Bonchev–Trinajstić information content (AvgIpc) is 2.44. The second-order valence-electron chi connectivity index (χ2n) is 4.48. The molecule has 20 heavy (non-hydrogen) atoms. The van der Waals surface area contributed by atoms with E-state index in [0.717, 1.165) is 5.56 Å². The van der Waals surface area contributed by atoms with Crippen LogP contribution in [0.3, 0.4) is 0 Å². The van der Waals surface area contributed by atoms with Crippen LogP contribution in [0.15, 0.2) is 54.6 Å². The molecule has 0 bridgehead atoms. The molecule has 1 N–H and O–H groups in total. The summed E-state index contributed by atoms with van der Waals surface area (Å²) in [5.74, 6) is -0.00542. The van der Waals surface area contributed by atoms with Crippen LogP contribution in [-0.4, -0.2) is 11.7 Å². The summed E-state index contributed by atoms with van der Waals surface area (Å²) in [7, 11) is 0. The Morgan fingerprint density at radius 1 is 1.20 bits per heavy atom. The van der Waals surface area contributed by atoms with Crippen LogP contribution in [0.5, 0.6) is 5.75 Å². The lowest BCUT2D eigenvalue weighted by atomic mass is 10.1. The Morgan fingerprint density at radius 2 is 1.95 bits per heavy atom. The fraction of sp³-hybridized carbons (Fsp3) is 0.176. The molecule has 0 fully saturated rings. The van der Waals surface area contributed by atoms with Crippen LogP contribution in [0.25, 0.3) is 6.08 Å². The molecule has 0 aliphatic heterocycles. The Labute approximate surface area is 118 Å². The van der Waals surface area contributed by atoms with Gasteiger partial charge in [0, 0.05) is 11.6 Å². The molecule has 0 heterocycles. The third-order valence-electron chi connectivity index (χ3n) is 2.88. The van der Waals surface area contributed by atoms with Crippen LogP contribution in [-0.2, 0) is 0 Å². The normalized spacial score (nSPS) is 12.6. The lowest BCUT2D eigenvalue weighted by Crippen LogP contribution is -1.98. The topological polar surface area (TPSA) is 29.5 Å². The first kappa shape index (κ1) is 14.3. The molecule has 2 nitrogen and oxygen atoms in total. The van der Waals surface area contributed by atoms with Crippen molar-refractivity contribution in [1.82, 2.24) is 0 Å². The Bertz CT molecular complexity index is 577. The zero-order valence-electron chi connectivity index (χ0n) is 11.3. The smallest absolute Gasteiger partial charge is 0.132 e. The van der Waals surface area contributed by atoms with Gasteiger partial charge in [-0.2, -0.15) is 0 Å². The Hall–Kier alpha value is -2.13. The second-order valence-corrected chi connectivity index (χ2v) is 4.48. The fourth-order valence-electron chi connectivity index (χ4n) is 1.83. The number of ether oxygens (including phenoxy) is 1. The van der Waals surface area contributed by atoms with Crippen molar-refractivity contribution in [3.05, 3.63) is 71.6 Å². The van der Waals surface area contributed by atoms with Crippen LogP contribution >= 0.6 is 0 Å². The third-order valence-corrected chi connectivity index (χ3v) is 2.88. The minimum absolute atomic E-state index is 0.275. The monoisotopic (exact) mass is 272 g/mol. The molecule has 0 amide bonds. The van der Waals surface area contributed by atoms with Gasteiger partial charge >= 0.3 is 0 Å². The summed E-state index contributed by atoms with van der Waals surface area (Å²) in [6.07, 6.45) is 3.00. The molecular formula is C17H17FO2. The van der Waals surface area contributed by atoms with E-state index in [-0.39, 0.29) is 5.56 Å². The van der Waals surface area contributed by atoms with Gasteiger partial charge < -0.3 is 9.84 Å². The molecule has 2 aromatic rings. The van der Waals surface area contributed by atoms with Gasteiger partial charge in [0.2, 0.25) is 0 Å². The van der Waals surface area contributed by atoms with Crippen molar-refractivity contribution < 1.29 is 14.2 Å². The van der Waals surface area contributed by atoms with Gasteiger partial charge in [-0.3, -0.25) is 0 Å². The largest absolute Gasteiger partial charge is 0.489 e. The summed E-state index contributed by atoms with van der Waals surface area (Å²) in [6.45, 7) is 1.89. The number of benzene rings is 2. The van der Waals surface area contributed by atoms with E-state index in [4.69, 9.17) is 4.74 Å². The Balaban J connectivity index is 1.92. The molecule has 0 radical (unpaired) electrons. The van der Waals surface area contributed by atoms with E-state index in [1.54, 1.807) is 6.07 Å². The minimum Gasteiger partial charge on any atom is -0.489 e. The van der Waals surface area contributed by atoms with Gasteiger partial charge in [0.1, 0.15) is 18.2 Å². The molecule has 0 aliphatic rings. The maximum absolute atomic E-state index is 13.6. The lowest BCUT2D eigenvalue weighted by molar-refractivity contribution is 0.194. The van der Waals surface area contributed by atoms with Gasteiger partial charge in [-0.05, 0) is 30.7 Å². The van der Waals surface area contributed by atoms with Gasteiger partial charge in [0.25, 0.3) is 0 Å². The summed E-state index contributed by atoms with van der Waals surface area (Å²) in [6, 6.07) is 14.4. The summed E-state index contributed by atoms with van der Waals surface area (Å²) in [5.41, 5.74) is 1.36.